The summed E-state index contributed by atoms with van der Waals surface area (Å²) in [6.07, 6.45) is -0.646. The molecule has 0 radical (unpaired) electrons. The van der Waals surface area contributed by atoms with Crippen LogP contribution in [0.5, 0.6) is 0 Å². The van der Waals surface area contributed by atoms with Gasteiger partial charge in [-0.25, -0.2) is 0 Å². The Balaban J connectivity index is 1.40. The van der Waals surface area contributed by atoms with Crippen LogP contribution < -0.4 is 0 Å². The SMILES string of the molecule is CC1[C@H](OCc2ccccc2)OC2COC(c3ccccc3)O[C@H]2[C@@H]1C. The topological polar surface area (TPSA) is 36.9 Å². The first kappa shape index (κ1) is 17.7. The lowest BCUT2D eigenvalue weighted by atomic mass is 9.84. The molecule has 2 fully saturated rings. The largest absolute Gasteiger partial charge is 0.348 e. The van der Waals surface area contributed by atoms with Crippen molar-refractivity contribution >= 4 is 0 Å². The van der Waals surface area contributed by atoms with Gasteiger partial charge < -0.3 is 18.9 Å². The second kappa shape index (κ2) is 7.89. The molecule has 2 aliphatic heterocycles. The van der Waals surface area contributed by atoms with Crippen molar-refractivity contribution in [3.8, 4) is 0 Å². The molecule has 0 aliphatic carbocycles. The highest BCUT2D eigenvalue weighted by atomic mass is 16.7. The van der Waals surface area contributed by atoms with Crippen LogP contribution in [0.3, 0.4) is 0 Å². The Bertz CT molecular complexity index is 688. The molecule has 2 heterocycles. The molecule has 6 atom stereocenters. The normalized spacial score (nSPS) is 34.2. The van der Waals surface area contributed by atoms with Crippen LogP contribution in [0.1, 0.15) is 31.3 Å². The molecule has 0 spiro atoms. The Kier molecular flexibility index (Phi) is 5.36. The van der Waals surface area contributed by atoms with E-state index in [1.807, 2.05) is 48.5 Å². The smallest absolute Gasteiger partial charge is 0.184 e. The van der Waals surface area contributed by atoms with Crippen molar-refractivity contribution in [2.45, 2.75) is 45.2 Å². The summed E-state index contributed by atoms with van der Waals surface area (Å²) in [4.78, 5) is 0. The van der Waals surface area contributed by atoms with Crippen molar-refractivity contribution in [1.82, 2.24) is 0 Å². The molecular weight excluding hydrogens is 328 g/mol. The molecule has 0 amide bonds. The zero-order valence-corrected chi connectivity index (χ0v) is 15.3. The van der Waals surface area contributed by atoms with Crippen molar-refractivity contribution in [3.63, 3.8) is 0 Å². The third-order valence-electron chi connectivity index (χ3n) is 5.47. The number of ether oxygens (including phenoxy) is 4. The highest BCUT2D eigenvalue weighted by Gasteiger charge is 2.46. The number of rotatable bonds is 4. The molecule has 26 heavy (non-hydrogen) atoms. The molecule has 2 aromatic rings. The maximum atomic E-state index is 6.27. The summed E-state index contributed by atoms with van der Waals surface area (Å²) in [6.45, 7) is 5.46. The van der Waals surface area contributed by atoms with Gasteiger partial charge in [-0.3, -0.25) is 0 Å². The molecule has 0 bridgehead atoms. The van der Waals surface area contributed by atoms with Gasteiger partial charge in [0.2, 0.25) is 0 Å². The van der Waals surface area contributed by atoms with Gasteiger partial charge in [0.1, 0.15) is 6.10 Å². The molecule has 4 rings (SSSR count). The van der Waals surface area contributed by atoms with Crippen LogP contribution in [0.2, 0.25) is 0 Å². The summed E-state index contributed by atoms with van der Waals surface area (Å²) in [7, 11) is 0. The zero-order chi connectivity index (χ0) is 17.9. The van der Waals surface area contributed by atoms with Crippen molar-refractivity contribution in [2.24, 2.45) is 11.8 Å². The van der Waals surface area contributed by atoms with E-state index in [0.717, 1.165) is 11.1 Å². The lowest BCUT2D eigenvalue weighted by molar-refractivity contribution is -0.344. The molecule has 4 nitrogen and oxygen atoms in total. The van der Waals surface area contributed by atoms with Crippen LogP contribution in [0.4, 0.5) is 0 Å². The molecule has 2 saturated heterocycles. The fourth-order valence-corrected chi connectivity index (χ4v) is 3.70. The third kappa shape index (κ3) is 3.69. The quantitative estimate of drug-likeness (QED) is 0.820. The fourth-order valence-electron chi connectivity index (χ4n) is 3.70. The van der Waals surface area contributed by atoms with Crippen molar-refractivity contribution in [1.29, 1.82) is 0 Å². The highest BCUT2D eigenvalue weighted by molar-refractivity contribution is 5.16. The summed E-state index contributed by atoms with van der Waals surface area (Å²) in [5.41, 5.74) is 2.20. The minimum Gasteiger partial charge on any atom is -0.348 e. The standard InChI is InChI=1S/C22H26O4/c1-15-16(2)21(23-13-17-9-5-3-6-10-17)25-19-14-24-22(26-20(15)19)18-11-7-4-8-12-18/h3-12,15-16,19-22H,13-14H2,1-2H3/t15-,16?,19?,20+,21-,22?/m1/s1. The van der Waals surface area contributed by atoms with Crippen LogP contribution in [-0.4, -0.2) is 25.1 Å². The van der Waals surface area contributed by atoms with Gasteiger partial charge in [-0.05, 0) is 11.5 Å². The highest BCUT2D eigenvalue weighted by Crippen LogP contribution is 2.39. The van der Waals surface area contributed by atoms with E-state index in [0.29, 0.717) is 19.1 Å². The third-order valence-corrected chi connectivity index (χ3v) is 5.47. The number of hydrogen-bond donors (Lipinski definition) is 0. The molecule has 0 N–H and O–H groups in total. The predicted molar refractivity (Wildman–Crippen MR) is 98.2 cm³/mol. The molecular formula is C22H26O4. The number of fused-ring (bicyclic) bond motifs is 1. The van der Waals surface area contributed by atoms with E-state index in [4.69, 9.17) is 18.9 Å². The van der Waals surface area contributed by atoms with Gasteiger partial charge in [0.25, 0.3) is 0 Å². The zero-order valence-electron chi connectivity index (χ0n) is 15.3. The van der Waals surface area contributed by atoms with Gasteiger partial charge in [0.05, 0.1) is 19.3 Å². The first-order chi connectivity index (χ1) is 12.7. The van der Waals surface area contributed by atoms with E-state index < -0.39 is 0 Å². The second-order valence-corrected chi connectivity index (χ2v) is 7.23. The van der Waals surface area contributed by atoms with Crippen molar-refractivity contribution in [3.05, 3.63) is 71.8 Å². The number of benzene rings is 2. The first-order valence-corrected chi connectivity index (χ1v) is 9.35. The Hall–Kier alpha value is -1.72. The average molecular weight is 354 g/mol. The van der Waals surface area contributed by atoms with E-state index in [1.54, 1.807) is 0 Å². The Labute approximate surface area is 155 Å². The molecule has 2 aliphatic rings. The average Bonchev–Trinajstić information content (AvgIpc) is 2.71. The maximum absolute atomic E-state index is 6.27. The van der Waals surface area contributed by atoms with Gasteiger partial charge in [-0.15, -0.1) is 0 Å². The van der Waals surface area contributed by atoms with Crippen molar-refractivity contribution in [2.75, 3.05) is 6.61 Å². The van der Waals surface area contributed by atoms with E-state index in [-0.39, 0.29) is 30.7 Å². The molecule has 138 valence electrons. The predicted octanol–water partition coefficient (Wildman–Crippen LogP) is 4.31. The summed E-state index contributed by atoms with van der Waals surface area (Å²) < 4.78 is 24.5. The van der Waals surface area contributed by atoms with Gasteiger partial charge in [0.15, 0.2) is 12.6 Å². The van der Waals surface area contributed by atoms with Crippen molar-refractivity contribution < 1.29 is 18.9 Å². The van der Waals surface area contributed by atoms with E-state index >= 15 is 0 Å². The monoisotopic (exact) mass is 354 g/mol. The Morgan fingerprint density at radius 2 is 1.58 bits per heavy atom. The minimum atomic E-state index is -0.322. The molecule has 3 unspecified atom stereocenters. The molecule has 0 saturated carbocycles. The first-order valence-electron chi connectivity index (χ1n) is 9.35. The summed E-state index contributed by atoms with van der Waals surface area (Å²) in [6, 6.07) is 20.3. The van der Waals surface area contributed by atoms with Crippen LogP contribution in [0, 0.1) is 11.8 Å². The molecule has 2 aromatic carbocycles. The second-order valence-electron chi connectivity index (χ2n) is 7.23. The van der Waals surface area contributed by atoms with Crippen LogP contribution in [-0.2, 0) is 25.6 Å². The number of hydrogen-bond acceptors (Lipinski definition) is 4. The maximum Gasteiger partial charge on any atom is 0.184 e. The summed E-state index contributed by atoms with van der Waals surface area (Å²) >= 11 is 0. The summed E-state index contributed by atoms with van der Waals surface area (Å²) in [5.74, 6) is 0.569. The fraction of sp³-hybridized carbons (Fsp3) is 0.455. The van der Waals surface area contributed by atoms with Gasteiger partial charge in [-0.2, -0.15) is 0 Å². The lowest BCUT2D eigenvalue weighted by Crippen LogP contribution is -2.55. The van der Waals surface area contributed by atoms with Crippen LogP contribution in [0.15, 0.2) is 60.7 Å². The Morgan fingerprint density at radius 1 is 0.885 bits per heavy atom. The van der Waals surface area contributed by atoms with E-state index in [2.05, 4.69) is 26.0 Å². The van der Waals surface area contributed by atoms with Gasteiger partial charge >= 0.3 is 0 Å². The molecule has 0 aromatic heterocycles. The van der Waals surface area contributed by atoms with Gasteiger partial charge in [0, 0.05) is 11.5 Å². The van der Waals surface area contributed by atoms with E-state index in [1.165, 1.54) is 0 Å². The van der Waals surface area contributed by atoms with Crippen LogP contribution >= 0.6 is 0 Å². The summed E-state index contributed by atoms with van der Waals surface area (Å²) in [5, 5.41) is 0. The van der Waals surface area contributed by atoms with Crippen LogP contribution in [0.25, 0.3) is 0 Å². The lowest BCUT2D eigenvalue weighted by Gasteiger charge is -2.48. The Morgan fingerprint density at radius 3 is 2.31 bits per heavy atom. The van der Waals surface area contributed by atoms with Gasteiger partial charge in [-0.1, -0.05) is 74.5 Å². The van der Waals surface area contributed by atoms with E-state index in [9.17, 15) is 0 Å². The molecule has 4 heteroatoms. The minimum absolute atomic E-state index is 0.0144.